The molecule has 0 aliphatic rings. The molecule has 0 aliphatic carbocycles. The van der Waals surface area contributed by atoms with Crippen LogP contribution < -0.4 is 5.32 Å². The van der Waals surface area contributed by atoms with Gasteiger partial charge in [-0.3, -0.25) is 4.79 Å². The van der Waals surface area contributed by atoms with Gasteiger partial charge in [-0.05, 0) is 42.6 Å². The zero-order valence-electron chi connectivity index (χ0n) is 14.6. The van der Waals surface area contributed by atoms with Gasteiger partial charge >= 0.3 is 0 Å². The number of phenols is 1. The number of aromatic hydroxyl groups is 1. The van der Waals surface area contributed by atoms with Gasteiger partial charge in [-0.25, -0.2) is 8.42 Å². The number of carbonyl (C=O) groups is 1. The van der Waals surface area contributed by atoms with Crippen LogP contribution in [0.2, 0.25) is 0 Å². The highest BCUT2D eigenvalue weighted by Gasteiger charge is 2.16. The second-order valence-corrected chi connectivity index (χ2v) is 8.34. The molecule has 0 radical (unpaired) electrons. The summed E-state index contributed by atoms with van der Waals surface area (Å²) in [7, 11) is -3.43. The molecule has 0 saturated heterocycles. The number of amides is 1. The molecule has 0 bridgehead atoms. The van der Waals surface area contributed by atoms with Crippen molar-refractivity contribution >= 4 is 32.3 Å². The smallest absolute Gasteiger partial charge is 0.244 e. The van der Waals surface area contributed by atoms with Crippen molar-refractivity contribution in [2.75, 3.05) is 11.1 Å². The zero-order valence-corrected chi connectivity index (χ0v) is 15.4. The van der Waals surface area contributed by atoms with E-state index in [1.165, 1.54) is 18.2 Å². The Hall–Kier alpha value is -2.80. The lowest BCUT2D eigenvalue weighted by Gasteiger charge is -2.12. The molecule has 3 rings (SSSR count). The third-order valence-electron chi connectivity index (χ3n) is 4.30. The van der Waals surface area contributed by atoms with Crippen LogP contribution in [0.1, 0.15) is 12.6 Å². The number of hydrogen-bond acceptors (Lipinski definition) is 4. The maximum Gasteiger partial charge on any atom is 0.244 e. The van der Waals surface area contributed by atoms with E-state index in [1.54, 1.807) is 6.92 Å². The molecule has 1 heterocycles. The maximum absolute atomic E-state index is 12.5. The van der Waals surface area contributed by atoms with Crippen LogP contribution in [0.5, 0.6) is 5.75 Å². The van der Waals surface area contributed by atoms with E-state index in [0.29, 0.717) is 0 Å². The van der Waals surface area contributed by atoms with E-state index in [0.717, 1.165) is 16.6 Å². The van der Waals surface area contributed by atoms with E-state index < -0.39 is 9.84 Å². The highest BCUT2D eigenvalue weighted by atomic mass is 32.2. The molecule has 0 fully saturated rings. The Bertz CT molecular complexity index is 1080. The Morgan fingerprint density at radius 3 is 2.62 bits per heavy atom. The second kappa shape index (κ2) is 6.84. The first-order valence-corrected chi connectivity index (χ1v) is 9.87. The summed E-state index contributed by atoms with van der Waals surface area (Å²) in [4.78, 5) is 12.5. The second-order valence-electron chi connectivity index (χ2n) is 6.06. The summed E-state index contributed by atoms with van der Waals surface area (Å²) >= 11 is 0. The Morgan fingerprint density at radius 1 is 1.15 bits per heavy atom. The van der Waals surface area contributed by atoms with Gasteiger partial charge in [0, 0.05) is 11.2 Å². The quantitative estimate of drug-likeness (QED) is 0.674. The SMILES string of the molecule is CCS(=O)(=O)c1ccc(O)c(NC(=O)Cn2c(C)cc3ccccc32)c1. The minimum atomic E-state index is -3.43. The maximum atomic E-state index is 12.5. The minimum Gasteiger partial charge on any atom is -0.506 e. The molecule has 0 spiro atoms. The van der Waals surface area contributed by atoms with Crippen molar-refractivity contribution in [1.82, 2.24) is 4.57 Å². The largest absolute Gasteiger partial charge is 0.506 e. The Kier molecular flexibility index (Phi) is 4.73. The summed E-state index contributed by atoms with van der Waals surface area (Å²) in [6.07, 6.45) is 0. The van der Waals surface area contributed by atoms with Crippen molar-refractivity contribution in [2.24, 2.45) is 0 Å². The molecule has 7 heteroatoms. The molecule has 3 aromatic rings. The zero-order chi connectivity index (χ0) is 18.9. The summed E-state index contributed by atoms with van der Waals surface area (Å²) in [5.74, 6) is -0.585. The van der Waals surface area contributed by atoms with E-state index in [1.807, 2.05) is 41.8 Å². The predicted molar refractivity (Wildman–Crippen MR) is 101 cm³/mol. The summed E-state index contributed by atoms with van der Waals surface area (Å²) in [5, 5.41) is 13.6. The van der Waals surface area contributed by atoms with E-state index in [9.17, 15) is 18.3 Å². The van der Waals surface area contributed by atoms with Crippen molar-refractivity contribution in [3.05, 3.63) is 54.2 Å². The normalized spacial score (nSPS) is 11.6. The van der Waals surface area contributed by atoms with Crippen LogP contribution in [0.4, 0.5) is 5.69 Å². The number of aryl methyl sites for hydroxylation is 1. The number of nitrogens with one attached hydrogen (secondary N) is 1. The number of nitrogens with zero attached hydrogens (tertiary/aromatic N) is 1. The molecule has 1 aromatic heterocycles. The summed E-state index contributed by atoms with van der Waals surface area (Å²) in [6.45, 7) is 3.52. The first-order chi connectivity index (χ1) is 12.3. The molecule has 0 atom stereocenters. The lowest BCUT2D eigenvalue weighted by Crippen LogP contribution is -2.19. The fourth-order valence-electron chi connectivity index (χ4n) is 2.87. The number of anilines is 1. The van der Waals surface area contributed by atoms with E-state index in [2.05, 4.69) is 5.32 Å². The Morgan fingerprint density at radius 2 is 1.88 bits per heavy atom. The van der Waals surface area contributed by atoms with Gasteiger partial charge in [0.1, 0.15) is 12.3 Å². The number of fused-ring (bicyclic) bond motifs is 1. The fourth-order valence-corrected chi connectivity index (χ4v) is 3.77. The Balaban J connectivity index is 1.86. The standard InChI is InChI=1S/C19H20N2O4S/c1-3-26(24,25)15-8-9-18(22)16(11-15)20-19(23)12-21-13(2)10-14-6-4-5-7-17(14)21/h4-11,22H,3,12H2,1-2H3,(H,20,23). The average Bonchev–Trinajstić information content (AvgIpc) is 2.92. The van der Waals surface area contributed by atoms with Gasteiger partial charge in [-0.1, -0.05) is 25.1 Å². The summed E-state index contributed by atoms with van der Waals surface area (Å²) in [5.41, 5.74) is 1.96. The summed E-state index contributed by atoms with van der Waals surface area (Å²) < 4.78 is 25.9. The first kappa shape index (κ1) is 18.0. The number of benzene rings is 2. The molecular formula is C19H20N2O4S. The Labute approximate surface area is 152 Å². The molecule has 2 N–H and O–H groups in total. The number of sulfone groups is 1. The molecule has 0 saturated carbocycles. The van der Waals surface area contributed by atoms with Crippen molar-refractivity contribution in [1.29, 1.82) is 0 Å². The van der Waals surface area contributed by atoms with Crippen LogP contribution in [0.15, 0.2) is 53.4 Å². The molecular weight excluding hydrogens is 352 g/mol. The third-order valence-corrected chi connectivity index (χ3v) is 6.03. The average molecular weight is 372 g/mol. The number of hydrogen-bond donors (Lipinski definition) is 2. The van der Waals surface area contributed by atoms with Crippen LogP contribution in [0.25, 0.3) is 10.9 Å². The number of phenolic OH excluding ortho intramolecular Hbond substituents is 1. The van der Waals surface area contributed by atoms with Crippen LogP contribution in [0, 0.1) is 6.92 Å². The van der Waals surface area contributed by atoms with Gasteiger partial charge in [0.05, 0.1) is 16.3 Å². The first-order valence-electron chi connectivity index (χ1n) is 8.22. The van der Waals surface area contributed by atoms with Crippen LogP contribution in [-0.2, 0) is 21.2 Å². The highest BCUT2D eigenvalue weighted by Crippen LogP contribution is 2.27. The lowest BCUT2D eigenvalue weighted by molar-refractivity contribution is -0.116. The molecule has 2 aromatic carbocycles. The molecule has 0 unspecified atom stereocenters. The molecule has 26 heavy (non-hydrogen) atoms. The van der Waals surface area contributed by atoms with Crippen molar-refractivity contribution in [2.45, 2.75) is 25.3 Å². The fraction of sp³-hybridized carbons (Fsp3) is 0.211. The van der Waals surface area contributed by atoms with E-state index >= 15 is 0 Å². The number of carbonyl (C=O) groups excluding carboxylic acids is 1. The van der Waals surface area contributed by atoms with Crippen LogP contribution >= 0.6 is 0 Å². The van der Waals surface area contributed by atoms with Crippen LogP contribution in [-0.4, -0.2) is 29.8 Å². The van der Waals surface area contributed by atoms with Gasteiger partial charge in [-0.2, -0.15) is 0 Å². The molecule has 136 valence electrons. The van der Waals surface area contributed by atoms with Crippen molar-refractivity contribution < 1.29 is 18.3 Å². The number of aromatic nitrogens is 1. The van der Waals surface area contributed by atoms with Gasteiger partial charge in [0.2, 0.25) is 5.91 Å². The van der Waals surface area contributed by atoms with Gasteiger partial charge in [0.15, 0.2) is 9.84 Å². The van der Waals surface area contributed by atoms with Crippen molar-refractivity contribution in [3.8, 4) is 5.75 Å². The van der Waals surface area contributed by atoms with E-state index in [4.69, 9.17) is 0 Å². The third kappa shape index (κ3) is 3.43. The van der Waals surface area contributed by atoms with Gasteiger partial charge < -0.3 is 15.0 Å². The van der Waals surface area contributed by atoms with Crippen molar-refractivity contribution in [3.63, 3.8) is 0 Å². The van der Waals surface area contributed by atoms with Gasteiger partial charge in [0.25, 0.3) is 0 Å². The minimum absolute atomic E-state index is 0.0558. The molecule has 6 nitrogen and oxygen atoms in total. The number of rotatable bonds is 5. The highest BCUT2D eigenvalue weighted by molar-refractivity contribution is 7.91. The topological polar surface area (TPSA) is 88.4 Å². The van der Waals surface area contributed by atoms with Crippen LogP contribution in [0.3, 0.4) is 0 Å². The molecule has 0 aliphatic heterocycles. The van der Waals surface area contributed by atoms with E-state index in [-0.39, 0.29) is 34.5 Å². The lowest BCUT2D eigenvalue weighted by atomic mass is 10.2. The molecule has 1 amide bonds. The summed E-state index contributed by atoms with van der Waals surface area (Å²) in [6, 6.07) is 13.6. The number of para-hydroxylation sites is 1. The predicted octanol–water partition coefficient (Wildman–Crippen LogP) is 3.09. The van der Waals surface area contributed by atoms with Gasteiger partial charge in [-0.15, -0.1) is 0 Å². The monoisotopic (exact) mass is 372 g/mol.